The normalized spacial score (nSPS) is 11.6. The molecule has 0 saturated heterocycles. The molecule has 0 aliphatic heterocycles. The molecular formula is C50H29N5. The molecule has 0 bridgehead atoms. The Morgan fingerprint density at radius 3 is 1.42 bits per heavy atom. The first-order chi connectivity index (χ1) is 27.2. The SMILES string of the molecule is [C-]#[N+]c1ccc2c(c1)c1ccc(-n3c4ccccc4c4ccccc43)cc1n2-c1cccc([N+]#[C-])c1-c1ccc(-n2c3ccccc3c3ccccc32)cc1. The monoisotopic (exact) mass is 699 g/mol. The molecule has 0 saturated carbocycles. The van der Waals surface area contributed by atoms with Crippen LogP contribution in [0.3, 0.4) is 0 Å². The van der Waals surface area contributed by atoms with Crippen LogP contribution < -0.4 is 0 Å². The molecule has 0 atom stereocenters. The van der Waals surface area contributed by atoms with E-state index in [-0.39, 0.29) is 0 Å². The van der Waals surface area contributed by atoms with Gasteiger partial charge in [0.05, 0.1) is 46.2 Å². The molecule has 3 heterocycles. The van der Waals surface area contributed by atoms with Crippen LogP contribution in [0.25, 0.3) is 103 Å². The molecule has 0 N–H and O–H groups in total. The van der Waals surface area contributed by atoms with E-state index in [2.05, 4.69) is 169 Å². The molecule has 3 aromatic heterocycles. The van der Waals surface area contributed by atoms with Crippen molar-refractivity contribution in [3.05, 3.63) is 199 Å². The molecule has 5 nitrogen and oxygen atoms in total. The second-order valence-electron chi connectivity index (χ2n) is 13.9. The molecule has 0 fully saturated rings. The van der Waals surface area contributed by atoms with Crippen molar-refractivity contribution in [2.75, 3.05) is 0 Å². The van der Waals surface area contributed by atoms with E-state index in [0.717, 1.165) is 72.1 Å². The highest BCUT2D eigenvalue weighted by Gasteiger charge is 2.21. The molecule has 0 aliphatic rings. The lowest BCUT2D eigenvalue weighted by molar-refractivity contribution is 1.15. The summed E-state index contributed by atoms with van der Waals surface area (Å²) in [7, 11) is 0. The van der Waals surface area contributed by atoms with E-state index >= 15 is 0 Å². The molecule has 8 aromatic carbocycles. The zero-order valence-corrected chi connectivity index (χ0v) is 29.5. The molecule has 5 heteroatoms. The lowest BCUT2D eigenvalue weighted by Crippen LogP contribution is -1.99. The molecule has 11 aromatic rings. The van der Waals surface area contributed by atoms with E-state index in [1.165, 1.54) is 21.5 Å². The van der Waals surface area contributed by atoms with E-state index in [4.69, 9.17) is 13.1 Å². The van der Waals surface area contributed by atoms with Gasteiger partial charge in [-0.25, -0.2) is 9.69 Å². The standard InChI is InChI=1S/C50H29N5/c1-51-33-24-29-47-41(30-33)40-28-27-35(54-45-19-9-5-14-38(45)39-15-6-10-20-46(39)54)31-49(40)55(47)48-21-11-16-42(52-2)50(48)32-22-25-34(26-23-32)53-43-17-7-3-12-36(43)37-13-4-8-18-44(37)53/h3-31H. The summed E-state index contributed by atoms with van der Waals surface area (Å²) >= 11 is 0. The van der Waals surface area contributed by atoms with Gasteiger partial charge < -0.3 is 13.7 Å². The van der Waals surface area contributed by atoms with E-state index < -0.39 is 0 Å². The Kier molecular flexibility index (Phi) is 6.61. The summed E-state index contributed by atoms with van der Waals surface area (Å²) in [5, 5.41) is 6.89. The maximum atomic E-state index is 8.33. The second-order valence-corrected chi connectivity index (χ2v) is 13.9. The summed E-state index contributed by atoms with van der Waals surface area (Å²) in [5.41, 5.74) is 12.6. The van der Waals surface area contributed by atoms with Gasteiger partial charge in [-0.2, -0.15) is 0 Å². The number of benzene rings is 8. The number of nitrogens with zero attached hydrogens (tertiary/aromatic N) is 5. The van der Waals surface area contributed by atoms with Gasteiger partial charge in [0.15, 0.2) is 11.4 Å². The molecule has 254 valence electrons. The lowest BCUT2D eigenvalue weighted by atomic mass is 10.0. The molecule has 0 spiro atoms. The van der Waals surface area contributed by atoms with E-state index in [1.807, 2.05) is 30.3 Å². The zero-order chi connectivity index (χ0) is 36.6. The number of para-hydroxylation sites is 4. The molecule has 11 rings (SSSR count). The van der Waals surface area contributed by atoms with E-state index in [0.29, 0.717) is 11.4 Å². The van der Waals surface area contributed by atoms with Gasteiger partial charge in [0.25, 0.3) is 0 Å². The second kappa shape index (κ2) is 11.8. The minimum absolute atomic E-state index is 0.577. The molecular weight excluding hydrogens is 671 g/mol. The van der Waals surface area contributed by atoms with E-state index in [1.54, 1.807) is 0 Å². The van der Waals surface area contributed by atoms with Crippen molar-refractivity contribution in [2.45, 2.75) is 0 Å². The third-order valence-corrected chi connectivity index (χ3v) is 11.1. The van der Waals surface area contributed by atoms with Crippen molar-refractivity contribution in [1.29, 1.82) is 0 Å². The molecule has 0 radical (unpaired) electrons. The van der Waals surface area contributed by atoms with Crippen molar-refractivity contribution in [1.82, 2.24) is 13.7 Å². The van der Waals surface area contributed by atoms with Crippen LogP contribution in [0, 0.1) is 13.1 Å². The van der Waals surface area contributed by atoms with Gasteiger partial charge in [-0.1, -0.05) is 109 Å². The Morgan fingerprint density at radius 1 is 0.345 bits per heavy atom. The van der Waals surface area contributed by atoms with E-state index in [9.17, 15) is 0 Å². The average Bonchev–Trinajstić information content (AvgIpc) is 3.88. The Labute approximate surface area is 316 Å². The van der Waals surface area contributed by atoms with Crippen LogP contribution in [0.4, 0.5) is 11.4 Å². The highest BCUT2D eigenvalue weighted by atomic mass is 15.0. The number of hydrogen-bond acceptors (Lipinski definition) is 0. The highest BCUT2D eigenvalue weighted by molar-refractivity contribution is 6.13. The fourth-order valence-electron chi connectivity index (χ4n) is 8.75. The van der Waals surface area contributed by atoms with Crippen molar-refractivity contribution in [3.63, 3.8) is 0 Å². The summed E-state index contributed by atoms with van der Waals surface area (Å²) < 4.78 is 6.93. The van der Waals surface area contributed by atoms with Crippen molar-refractivity contribution < 1.29 is 0 Å². The molecule has 0 aliphatic carbocycles. The van der Waals surface area contributed by atoms with Gasteiger partial charge in [-0.05, 0) is 77.7 Å². The Hall–Kier alpha value is -7.86. The number of fused-ring (bicyclic) bond motifs is 9. The predicted octanol–water partition coefficient (Wildman–Crippen LogP) is 13.7. The first kappa shape index (κ1) is 30.7. The third-order valence-electron chi connectivity index (χ3n) is 11.1. The quantitative estimate of drug-likeness (QED) is 0.163. The molecule has 0 amide bonds. The van der Waals surface area contributed by atoms with Crippen LogP contribution in [0.2, 0.25) is 0 Å². The molecule has 55 heavy (non-hydrogen) atoms. The number of aromatic nitrogens is 3. The molecule has 0 unspecified atom stereocenters. The summed E-state index contributed by atoms with van der Waals surface area (Å²) in [6, 6.07) is 61.3. The largest absolute Gasteiger partial charge is 0.310 e. The third kappa shape index (κ3) is 4.45. The van der Waals surface area contributed by atoms with Gasteiger partial charge in [-0.15, -0.1) is 0 Å². The van der Waals surface area contributed by atoms with Gasteiger partial charge in [-0.3, -0.25) is 0 Å². The smallest absolute Gasteiger partial charge is 0.196 e. The van der Waals surface area contributed by atoms with Crippen LogP contribution in [-0.4, -0.2) is 13.7 Å². The van der Waals surface area contributed by atoms with Crippen molar-refractivity contribution in [3.8, 4) is 28.2 Å². The first-order valence-electron chi connectivity index (χ1n) is 18.3. The van der Waals surface area contributed by atoms with Crippen molar-refractivity contribution >= 4 is 76.8 Å². The summed E-state index contributed by atoms with van der Waals surface area (Å²) in [6.45, 7) is 16.1. The Bertz CT molecular complexity index is 3350. The van der Waals surface area contributed by atoms with Crippen LogP contribution in [0.1, 0.15) is 0 Å². The lowest BCUT2D eigenvalue weighted by Gasteiger charge is -2.17. The highest BCUT2D eigenvalue weighted by Crippen LogP contribution is 2.43. The number of rotatable bonds is 4. The summed E-state index contributed by atoms with van der Waals surface area (Å²) in [4.78, 5) is 7.86. The van der Waals surface area contributed by atoms with Gasteiger partial charge >= 0.3 is 0 Å². The maximum Gasteiger partial charge on any atom is 0.196 e. The maximum absolute atomic E-state index is 8.33. The van der Waals surface area contributed by atoms with Crippen LogP contribution in [0.15, 0.2) is 176 Å². The van der Waals surface area contributed by atoms with Gasteiger partial charge in [0.1, 0.15) is 0 Å². The van der Waals surface area contributed by atoms with Crippen molar-refractivity contribution in [2.24, 2.45) is 0 Å². The summed E-state index contributed by atoms with van der Waals surface area (Å²) in [5.74, 6) is 0. The zero-order valence-electron chi connectivity index (χ0n) is 29.5. The van der Waals surface area contributed by atoms with Gasteiger partial charge in [0.2, 0.25) is 0 Å². The number of hydrogen-bond donors (Lipinski definition) is 0. The minimum Gasteiger partial charge on any atom is -0.310 e. The topological polar surface area (TPSA) is 23.5 Å². The van der Waals surface area contributed by atoms with Crippen LogP contribution >= 0.6 is 0 Å². The Morgan fingerprint density at radius 2 is 0.855 bits per heavy atom. The average molecular weight is 700 g/mol. The van der Waals surface area contributed by atoms with Crippen LogP contribution in [-0.2, 0) is 0 Å². The Balaban J connectivity index is 1.16. The fourth-order valence-corrected chi connectivity index (χ4v) is 8.75. The summed E-state index contributed by atoms with van der Waals surface area (Å²) in [6.07, 6.45) is 0. The minimum atomic E-state index is 0.577. The fraction of sp³-hybridized carbons (Fsp3) is 0. The first-order valence-corrected chi connectivity index (χ1v) is 18.3. The van der Waals surface area contributed by atoms with Crippen LogP contribution in [0.5, 0.6) is 0 Å². The predicted molar refractivity (Wildman–Crippen MR) is 227 cm³/mol. The van der Waals surface area contributed by atoms with Gasteiger partial charge in [0, 0.05) is 49.6 Å².